The van der Waals surface area contributed by atoms with Gasteiger partial charge in [0.1, 0.15) is 0 Å². The van der Waals surface area contributed by atoms with Crippen LogP contribution in [-0.2, 0) is 0 Å². The second kappa shape index (κ2) is 6.58. The van der Waals surface area contributed by atoms with Crippen LogP contribution in [-0.4, -0.2) is 37.6 Å². The maximum absolute atomic E-state index is 3.92. The minimum Gasteiger partial charge on any atom is -0.314 e. The average molecular weight is 264 g/mol. The maximum Gasteiger partial charge on any atom is 0.00700 e. The third kappa shape index (κ3) is 3.72. The van der Waals surface area contributed by atoms with E-state index in [1.54, 1.807) is 0 Å². The Kier molecular flexibility index (Phi) is 4.81. The predicted octanol–water partition coefficient (Wildman–Crippen LogP) is 3.28. The Morgan fingerprint density at radius 3 is 2.63 bits per heavy atom. The standard InChI is InChI=1S/C17H32N2/c1-19-10-4-5-14(13-19)12-18-17-9-8-15-6-2-3-7-16(15)11-17/h14-18H,2-13H2,1H3. The van der Waals surface area contributed by atoms with Crippen LogP contribution >= 0.6 is 0 Å². The van der Waals surface area contributed by atoms with E-state index in [9.17, 15) is 0 Å². The zero-order valence-electron chi connectivity index (χ0n) is 12.7. The first-order chi connectivity index (χ1) is 9.31. The molecule has 110 valence electrons. The topological polar surface area (TPSA) is 15.3 Å². The van der Waals surface area contributed by atoms with Gasteiger partial charge in [0.15, 0.2) is 0 Å². The van der Waals surface area contributed by atoms with Crippen molar-refractivity contribution in [2.45, 2.75) is 63.8 Å². The smallest absolute Gasteiger partial charge is 0.00700 e. The molecule has 0 spiro atoms. The van der Waals surface area contributed by atoms with E-state index in [-0.39, 0.29) is 0 Å². The highest BCUT2D eigenvalue weighted by atomic mass is 15.1. The Morgan fingerprint density at radius 2 is 1.79 bits per heavy atom. The fourth-order valence-electron chi connectivity index (χ4n) is 4.83. The van der Waals surface area contributed by atoms with E-state index in [4.69, 9.17) is 0 Å². The molecule has 19 heavy (non-hydrogen) atoms. The van der Waals surface area contributed by atoms with E-state index < -0.39 is 0 Å². The Labute approximate surface area is 119 Å². The summed E-state index contributed by atoms with van der Waals surface area (Å²) in [6, 6.07) is 0.839. The molecule has 1 aliphatic heterocycles. The Balaban J connectivity index is 1.40. The summed E-state index contributed by atoms with van der Waals surface area (Å²) in [6.45, 7) is 3.89. The monoisotopic (exact) mass is 264 g/mol. The Morgan fingerprint density at radius 1 is 0.947 bits per heavy atom. The van der Waals surface area contributed by atoms with Gasteiger partial charge in [-0.1, -0.05) is 25.7 Å². The molecular formula is C17H32N2. The molecule has 2 aliphatic carbocycles. The van der Waals surface area contributed by atoms with Crippen LogP contribution < -0.4 is 5.32 Å². The van der Waals surface area contributed by atoms with Gasteiger partial charge in [0.25, 0.3) is 0 Å². The van der Waals surface area contributed by atoms with E-state index in [1.807, 2.05) is 0 Å². The summed E-state index contributed by atoms with van der Waals surface area (Å²) in [5, 5.41) is 3.92. The van der Waals surface area contributed by atoms with Gasteiger partial charge in [-0.05, 0) is 70.0 Å². The highest BCUT2D eigenvalue weighted by Crippen LogP contribution is 2.40. The summed E-state index contributed by atoms with van der Waals surface area (Å²) in [5.41, 5.74) is 0. The van der Waals surface area contributed by atoms with Crippen molar-refractivity contribution in [1.82, 2.24) is 10.2 Å². The number of hydrogen-bond acceptors (Lipinski definition) is 2. The first-order valence-electron chi connectivity index (χ1n) is 8.73. The third-order valence-corrected chi connectivity index (χ3v) is 5.96. The minimum atomic E-state index is 0.839. The summed E-state index contributed by atoms with van der Waals surface area (Å²) in [4.78, 5) is 2.51. The molecule has 2 nitrogen and oxygen atoms in total. The molecule has 1 N–H and O–H groups in total. The van der Waals surface area contributed by atoms with Crippen LogP contribution in [0.25, 0.3) is 0 Å². The van der Waals surface area contributed by atoms with E-state index in [0.29, 0.717) is 0 Å². The van der Waals surface area contributed by atoms with Gasteiger partial charge >= 0.3 is 0 Å². The van der Waals surface area contributed by atoms with Crippen molar-refractivity contribution in [1.29, 1.82) is 0 Å². The predicted molar refractivity (Wildman–Crippen MR) is 81.3 cm³/mol. The Hall–Kier alpha value is -0.0800. The molecule has 0 radical (unpaired) electrons. The number of fused-ring (bicyclic) bond motifs is 1. The molecule has 0 amide bonds. The summed E-state index contributed by atoms with van der Waals surface area (Å²) in [5.74, 6) is 3.06. The normalized spacial score (nSPS) is 40.9. The molecule has 2 heteroatoms. The van der Waals surface area contributed by atoms with Crippen LogP contribution in [0, 0.1) is 17.8 Å². The summed E-state index contributed by atoms with van der Waals surface area (Å²) in [6.07, 6.45) is 13.3. The molecule has 1 heterocycles. The fourth-order valence-corrected chi connectivity index (χ4v) is 4.83. The molecule has 4 atom stereocenters. The molecule has 0 aromatic heterocycles. The van der Waals surface area contributed by atoms with Crippen molar-refractivity contribution in [3.8, 4) is 0 Å². The highest BCUT2D eigenvalue weighted by Gasteiger charge is 2.32. The van der Waals surface area contributed by atoms with Crippen molar-refractivity contribution >= 4 is 0 Å². The Bertz CT molecular complexity index is 278. The molecular weight excluding hydrogens is 232 g/mol. The zero-order chi connectivity index (χ0) is 13.1. The molecule has 3 fully saturated rings. The lowest BCUT2D eigenvalue weighted by molar-refractivity contribution is 0.136. The SMILES string of the molecule is CN1CCCC(CNC2CCC3CCCCC3C2)C1. The van der Waals surface area contributed by atoms with Crippen LogP contribution in [0.5, 0.6) is 0 Å². The van der Waals surface area contributed by atoms with E-state index in [0.717, 1.165) is 23.8 Å². The van der Waals surface area contributed by atoms with Crippen molar-refractivity contribution < 1.29 is 0 Å². The van der Waals surface area contributed by atoms with Crippen LogP contribution in [0.3, 0.4) is 0 Å². The molecule has 2 saturated carbocycles. The highest BCUT2D eigenvalue weighted by molar-refractivity contribution is 4.87. The van der Waals surface area contributed by atoms with Crippen molar-refractivity contribution in [2.24, 2.45) is 17.8 Å². The minimum absolute atomic E-state index is 0.839. The van der Waals surface area contributed by atoms with Gasteiger partial charge in [-0.15, -0.1) is 0 Å². The number of nitrogens with one attached hydrogen (secondary N) is 1. The average Bonchev–Trinajstić information content (AvgIpc) is 2.45. The van der Waals surface area contributed by atoms with Gasteiger partial charge in [-0.3, -0.25) is 0 Å². The van der Waals surface area contributed by atoms with Crippen molar-refractivity contribution in [3.05, 3.63) is 0 Å². The first-order valence-corrected chi connectivity index (χ1v) is 8.73. The van der Waals surface area contributed by atoms with Gasteiger partial charge in [-0.2, -0.15) is 0 Å². The van der Waals surface area contributed by atoms with E-state index in [1.165, 1.54) is 77.4 Å². The van der Waals surface area contributed by atoms with Crippen molar-refractivity contribution in [2.75, 3.05) is 26.7 Å². The van der Waals surface area contributed by atoms with Crippen LogP contribution in [0.4, 0.5) is 0 Å². The van der Waals surface area contributed by atoms with Gasteiger partial charge in [0.05, 0.1) is 0 Å². The number of rotatable bonds is 3. The lowest BCUT2D eigenvalue weighted by Gasteiger charge is -2.40. The van der Waals surface area contributed by atoms with Gasteiger partial charge in [0.2, 0.25) is 0 Å². The molecule has 0 bridgehead atoms. The van der Waals surface area contributed by atoms with Gasteiger partial charge in [-0.25, -0.2) is 0 Å². The summed E-state index contributed by atoms with van der Waals surface area (Å²) < 4.78 is 0. The molecule has 4 unspecified atom stereocenters. The zero-order valence-corrected chi connectivity index (χ0v) is 12.7. The first kappa shape index (κ1) is 13.9. The number of hydrogen-bond donors (Lipinski definition) is 1. The van der Waals surface area contributed by atoms with Crippen LogP contribution in [0.15, 0.2) is 0 Å². The largest absolute Gasteiger partial charge is 0.314 e. The lowest BCUT2D eigenvalue weighted by Crippen LogP contribution is -2.43. The number of likely N-dealkylation sites (tertiary alicyclic amines) is 1. The summed E-state index contributed by atoms with van der Waals surface area (Å²) >= 11 is 0. The van der Waals surface area contributed by atoms with Crippen molar-refractivity contribution in [3.63, 3.8) is 0 Å². The van der Waals surface area contributed by atoms with Gasteiger partial charge < -0.3 is 10.2 Å². The van der Waals surface area contributed by atoms with Crippen LogP contribution in [0.1, 0.15) is 57.8 Å². The van der Waals surface area contributed by atoms with E-state index >= 15 is 0 Å². The van der Waals surface area contributed by atoms with Crippen LogP contribution in [0.2, 0.25) is 0 Å². The van der Waals surface area contributed by atoms with Gasteiger partial charge in [0, 0.05) is 12.6 Å². The quantitative estimate of drug-likeness (QED) is 0.841. The second-order valence-electron chi connectivity index (χ2n) is 7.49. The maximum atomic E-state index is 3.92. The van der Waals surface area contributed by atoms with E-state index in [2.05, 4.69) is 17.3 Å². The fraction of sp³-hybridized carbons (Fsp3) is 1.00. The molecule has 0 aromatic carbocycles. The molecule has 0 aromatic rings. The third-order valence-electron chi connectivity index (χ3n) is 5.96. The molecule has 1 saturated heterocycles. The molecule has 3 aliphatic rings. The second-order valence-corrected chi connectivity index (χ2v) is 7.49. The number of piperidine rings is 1. The summed E-state index contributed by atoms with van der Waals surface area (Å²) in [7, 11) is 2.28. The molecule has 3 rings (SSSR count). The lowest BCUT2D eigenvalue weighted by atomic mass is 9.69. The number of nitrogens with zero attached hydrogens (tertiary/aromatic N) is 1.